The highest BCUT2D eigenvalue weighted by molar-refractivity contribution is 5.96. The van der Waals surface area contributed by atoms with Crippen LogP contribution in [0, 0.1) is 0 Å². The molecule has 0 aromatic carbocycles. The SMILES string of the molecule is CC1CCCCCN1C(=O)c1ccoc1CC(=O)O. The number of amides is 1. The lowest BCUT2D eigenvalue weighted by Crippen LogP contribution is -2.38. The van der Waals surface area contributed by atoms with Crippen LogP contribution >= 0.6 is 0 Å². The average molecular weight is 265 g/mol. The number of furan rings is 1. The second kappa shape index (κ2) is 5.91. The van der Waals surface area contributed by atoms with Crippen molar-refractivity contribution in [2.75, 3.05) is 6.54 Å². The number of hydrogen-bond donors (Lipinski definition) is 1. The Morgan fingerprint density at radius 2 is 2.21 bits per heavy atom. The number of hydrogen-bond acceptors (Lipinski definition) is 3. The first-order chi connectivity index (χ1) is 9.09. The highest BCUT2D eigenvalue weighted by Gasteiger charge is 2.26. The first-order valence-corrected chi connectivity index (χ1v) is 6.68. The highest BCUT2D eigenvalue weighted by atomic mass is 16.4. The Morgan fingerprint density at radius 1 is 1.42 bits per heavy atom. The Hall–Kier alpha value is -1.78. The second-order valence-electron chi connectivity index (χ2n) is 5.02. The van der Waals surface area contributed by atoms with E-state index in [1.54, 1.807) is 6.07 Å². The summed E-state index contributed by atoms with van der Waals surface area (Å²) in [5.74, 6) is -0.860. The smallest absolute Gasteiger partial charge is 0.311 e. The quantitative estimate of drug-likeness (QED) is 0.910. The van der Waals surface area contributed by atoms with Gasteiger partial charge in [-0.3, -0.25) is 9.59 Å². The first kappa shape index (κ1) is 13.6. The first-order valence-electron chi connectivity index (χ1n) is 6.68. The number of carboxylic acid groups (broad SMARTS) is 1. The molecule has 104 valence electrons. The van der Waals surface area contributed by atoms with Gasteiger partial charge in [0.1, 0.15) is 12.2 Å². The van der Waals surface area contributed by atoms with Crippen LogP contribution < -0.4 is 0 Å². The molecule has 5 nitrogen and oxygen atoms in total. The molecule has 1 unspecified atom stereocenters. The van der Waals surface area contributed by atoms with E-state index in [0.29, 0.717) is 5.56 Å². The molecule has 5 heteroatoms. The summed E-state index contributed by atoms with van der Waals surface area (Å²) in [7, 11) is 0. The molecule has 1 fully saturated rings. The topological polar surface area (TPSA) is 70.8 Å². The van der Waals surface area contributed by atoms with E-state index in [2.05, 4.69) is 0 Å². The van der Waals surface area contributed by atoms with Crippen molar-refractivity contribution in [2.24, 2.45) is 0 Å². The van der Waals surface area contributed by atoms with Gasteiger partial charge >= 0.3 is 5.97 Å². The lowest BCUT2D eigenvalue weighted by atomic mass is 10.1. The fourth-order valence-electron chi connectivity index (χ4n) is 2.54. The van der Waals surface area contributed by atoms with Crippen molar-refractivity contribution in [3.63, 3.8) is 0 Å². The maximum Gasteiger partial charge on any atom is 0.311 e. The van der Waals surface area contributed by atoms with Crippen LogP contribution in [0.4, 0.5) is 0 Å². The van der Waals surface area contributed by atoms with Crippen LogP contribution in [0.15, 0.2) is 16.7 Å². The van der Waals surface area contributed by atoms with E-state index in [1.165, 1.54) is 6.26 Å². The third-order valence-electron chi connectivity index (χ3n) is 3.60. The lowest BCUT2D eigenvalue weighted by Gasteiger charge is -2.27. The number of rotatable bonds is 3. The Labute approximate surface area is 112 Å². The summed E-state index contributed by atoms with van der Waals surface area (Å²) >= 11 is 0. The third-order valence-corrected chi connectivity index (χ3v) is 3.60. The van der Waals surface area contributed by atoms with Crippen LogP contribution in [0.2, 0.25) is 0 Å². The highest BCUT2D eigenvalue weighted by Crippen LogP contribution is 2.21. The zero-order valence-corrected chi connectivity index (χ0v) is 11.1. The van der Waals surface area contributed by atoms with Crippen LogP contribution in [-0.2, 0) is 11.2 Å². The largest absolute Gasteiger partial charge is 0.481 e. The molecule has 2 heterocycles. The van der Waals surface area contributed by atoms with Gasteiger partial charge in [0.25, 0.3) is 5.91 Å². The molecule has 1 aliphatic heterocycles. The zero-order valence-electron chi connectivity index (χ0n) is 11.1. The van der Waals surface area contributed by atoms with E-state index in [9.17, 15) is 9.59 Å². The van der Waals surface area contributed by atoms with Gasteiger partial charge in [-0.1, -0.05) is 12.8 Å². The molecule has 1 N–H and O–H groups in total. The van der Waals surface area contributed by atoms with Gasteiger partial charge in [-0.15, -0.1) is 0 Å². The zero-order chi connectivity index (χ0) is 13.8. The number of carbonyl (C=O) groups excluding carboxylic acids is 1. The molecular formula is C14H19NO4. The van der Waals surface area contributed by atoms with E-state index in [-0.39, 0.29) is 24.1 Å². The molecule has 1 aromatic heterocycles. The molecule has 0 saturated carbocycles. The minimum Gasteiger partial charge on any atom is -0.481 e. The van der Waals surface area contributed by atoms with Gasteiger partial charge in [-0.25, -0.2) is 0 Å². The summed E-state index contributed by atoms with van der Waals surface area (Å²) in [5, 5.41) is 8.81. The molecule has 0 bridgehead atoms. The fourth-order valence-corrected chi connectivity index (χ4v) is 2.54. The Balaban J connectivity index is 2.18. The number of likely N-dealkylation sites (tertiary alicyclic amines) is 1. The molecule has 2 rings (SSSR count). The molecule has 1 aliphatic rings. The molecule has 1 amide bonds. The van der Waals surface area contributed by atoms with Gasteiger partial charge in [-0.2, -0.15) is 0 Å². The minimum absolute atomic E-state index is 0.112. The lowest BCUT2D eigenvalue weighted by molar-refractivity contribution is -0.136. The van der Waals surface area contributed by atoms with Crippen molar-refractivity contribution in [3.8, 4) is 0 Å². The predicted octanol–water partition coefficient (Wildman–Crippen LogP) is 2.31. The molecule has 1 aromatic rings. The molecule has 0 spiro atoms. The van der Waals surface area contributed by atoms with Gasteiger partial charge in [0.05, 0.1) is 11.8 Å². The van der Waals surface area contributed by atoms with E-state index in [4.69, 9.17) is 9.52 Å². The summed E-state index contributed by atoms with van der Waals surface area (Å²) in [6, 6.07) is 1.76. The van der Waals surface area contributed by atoms with E-state index >= 15 is 0 Å². The number of carboxylic acids is 1. The van der Waals surface area contributed by atoms with E-state index in [1.807, 2.05) is 11.8 Å². The minimum atomic E-state index is -0.993. The second-order valence-corrected chi connectivity index (χ2v) is 5.02. The van der Waals surface area contributed by atoms with Gasteiger partial charge in [-0.05, 0) is 25.8 Å². The molecule has 0 radical (unpaired) electrons. The molecule has 0 aliphatic carbocycles. The Bertz CT molecular complexity index is 466. The van der Waals surface area contributed by atoms with E-state index in [0.717, 1.165) is 32.2 Å². The van der Waals surface area contributed by atoms with Gasteiger partial charge in [0.2, 0.25) is 0 Å². The van der Waals surface area contributed by atoms with E-state index < -0.39 is 5.97 Å². The molecule has 1 atom stereocenters. The van der Waals surface area contributed by atoms with Crippen LogP contribution in [0.5, 0.6) is 0 Å². The van der Waals surface area contributed by atoms with Crippen molar-refractivity contribution in [2.45, 2.75) is 45.1 Å². The number of nitrogens with zero attached hydrogens (tertiary/aromatic N) is 1. The monoisotopic (exact) mass is 265 g/mol. The summed E-state index contributed by atoms with van der Waals surface area (Å²) in [6.07, 6.45) is 5.41. The summed E-state index contributed by atoms with van der Waals surface area (Å²) in [5.41, 5.74) is 0.385. The summed E-state index contributed by atoms with van der Waals surface area (Å²) in [6.45, 7) is 2.78. The molecular weight excluding hydrogens is 246 g/mol. The van der Waals surface area contributed by atoms with Crippen LogP contribution in [0.1, 0.15) is 48.7 Å². The summed E-state index contributed by atoms with van der Waals surface area (Å²) in [4.78, 5) is 25.1. The third kappa shape index (κ3) is 3.16. The Kier molecular flexibility index (Phi) is 4.24. The maximum absolute atomic E-state index is 12.5. The molecule has 1 saturated heterocycles. The average Bonchev–Trinajstić information content (AvgIpc) is 2.69. The van der Waals surface area contributed by atoms with Gasteiger partial charge in [0.15, 0.2) is 0 Å². The van der Waals surface area contributed by atoms with Crippen molar-refractivity contribution in [1.29, 1.82) is 0 Å². The van der Waals surface area contributed by atoms with Gasteiger partial charge in [0, 0.05) is 12.6 Å². The molecule has 19 heavy (non-hydrogen) atoms. The van der Waals surface area contributed by atoms with Crippen molar-refractivity contribution in [3.05, 3.63) is 23.7 Å². The number of carbonyl (C=O) groups is 2. The summed E-state index contributed by atoms with van der Waals surface area (Å²) < 4.78 is 5.13. The van der Waals surface area contributed by atoms with Crippen LogP contribution in [-0.4, -0.2) is 34.5 Å². The van der Waals surface area contributed by atoms with Crippen molar-refractivity contribution >= 4 is 11.9 Å². The van der Waals surface area contributed by atoms with Crippen molar-refractivity contribution in [1.82, 2.24) is 4.90 Å². The van der Waals surface area contributed by atoms with Crippen LogP contribution in [0.25, 0.3) is 0 Å². The Morgan fingerprint density at radius 3 is 2.95 bits per heavy atom. The maximum atomic E-state index is 12.5. The van der Waals surface area contributed by atoms with Gasteiger partial charge < -0.3 is 14.4 Å². The fraction of sp³-hybridized carbons (Fsp3) is 0.571. The predicted molar refractivity (Wildman–Crippen MR) is 69.0 cm³/mol. The number of aliphatic carboxylic acids is 1. The normalized spacial score (nSPS) is 20.1. The van der Waals surface area contributed by atoms with Crippen molar-refractivity contribution < 1.29 is 19.1 Å². The standard InChI is InChI=1S/C14H19NO4/c1-10-5-3-2-4-7-15(10)14(18)11-6-8-19-12(11)9-13(16)17/h6,8,10H,2-5,7,9H2,1H3,(H,16,17). The van der Waals surface area contributed by atoms with Crippen LogP contribution in [0.3, 0.4) is 0 Å².